The molecule has 2 heterocycles. The summed E-state index contributed by atoms with van der Waals surface area (Å²) in [5, 5.41) is 5.43. The number of urea groups is 1. The second-order valence-corrected chi connectivity index (χ2v) is 8.00. The molecule has 0 radical (unpaired) electrons. The van der Waals surface area contributed by atoms with E-state index in [4.69, 9.17) is 9.47 Å². The quantitative estimate of drug-likeness (QED) is 0.575. The molecule has 10 heteroatoms. The number of halogens is 2. The lowest BCUT2D eigenvalue weighted by Gasteiger charge is -2.28. The van der Waals surface area contributed by atoms with Crippen molar-refractivity contribution in [3.63, 3.8) is 0 Å². The third kappa shape index (κ3) is 5.46. The third-order valence-electron chi connectivity index (χ3n) is 5.64. The van der Waals surface area contributed by atoms with Crippen molar-refractivity contribution in [3.8, 4) is 11.5 Å². The zero-order chi connectivity index (χ0) is 23.4. The molecule has 1 aliphatic heterocycles. The van der Waals surface area contributed by atoms with Crippen LogP contribution >= 0.6 is 0 Å². The van der Waals surface area contributed by atoms with Gasteiger partial charge in [0.05, 0.1) is 24.9 Å². The Balaban J connectivity index is 1.50. The molecule has 1 fully saturated rings. The summed E-state index contributed by atoms with van der Waals surface area (Å²) in [7, 11) is 3.65. The summed E-state index contributed by atoms with van der Waals surface area (Å²) in [5.41, 5.74) is 0.391. The number of anilines is 2. The van der Waals surface area contributed by atoms with E-state index in [0.29, 0.717) is 41.0 Å². The van der Waals surface area contributed by atoms with Crippen molar-refractivity contribution >= 4 is 28.4 Å². The molecule has 4 rings (SSSR count). The SMILES string of the molecule is COc1cc2c(NC(=O)Nc3ccc(F)cc3F)ncnc2cc1OCC1CCN(C)CC1. The maximum Gasteiger partial charge on any atom is 0.324 e. The molecule has 0 aliphatic carbocycles. The maximum atomic E-state index is 13.8. The molecule has 0 spiro atoms. The summed E-state index contributed by atoms with van der Waals surface area (Å²) in [5.74, 6) is 0.108. The van der Waals surface area contributed by atoms with Crippen LogP contribution in [0.3, 0.4) is 0 Å². The number of amides is 2. The summed E-state index contributed by atoms with van der Waals surface area (Å²) >= 11 is 0. The van der Waals surface area contributed by atoms with Crippen molar-refractivity contribution in [1.82, 2.24) is 14.9 Å². The highest BCUT2D eigenvalue weighted by molar-refractivity contribution is 6.04. The number of likely N-dealkylation sites (tertiary alicyclic amines) is 1. The van der Waals surface area contributed by atoms with Gasteiger partial charge in [0.1, 0.15) is 23.8 Å². The van der Waals surface area contributed by atoms with E-state index in [-0.39, 0.29) is 11.5 Å². The predicted octanol–water partition coefficient (Wildman–Crippen LogP) is 4.28. The minimum absolute atomic E-state index is 0.158. The molecule has 33 heavy (non-hydrogen) atoms. The van der Waals surface area contributed by atoms with E-state index in [1.807, 2.05) is 0 Å². The Morgan fingerprint density at radius 2 is 1.91 bits per heavy atom. The predicted molar refractivity (Wildman–Crippen MR) is 121 cm³/mol. The fourth-order valence-corrected chi connectivity index (χ4v) is 3.72. The van der Waals surface area contributed by atoms with E-state index < -0.39 is 17.7 Å². The molecular formula is C23H25F2N5O3. The Hall–Kier alpha value is -3.53. The van der Waals surface area contributed by atoms with Crippen molar-refractivity contribution in [2.24, 2.45) is 5.92 Å². The largest absolute Gasteiger partial charge is 0.493 e. The molecule has 2 amide bonds. The number of piperidine rings is 1. The number of hydrogen-bond donors (Lipinski definition) is 2. The zero-order valence-electron chi connectivity index (χ0n) is 18.4. The Morgan fingerprint density at radius 1 is 1.12 bits per heavy atom. The van der Waals surface area contributed by atoms with Crippen LogP contribution in [-0.4, -0.2) is 54.8 Å². The van der Waals surface area contributed by atoms with Crippen LogP contribution in [0.25, 0.3) is 10.9 Å². The van der Waals surface area contributed by atoms with Gasteiger partial charge >= 0.3 is 6.03 Å². The Labute approximate surface area is 189 Å². The maximum absolute atomic E-state index is 13.8. The number of fused-ring (bicyclic) bond motifs is 1. The summed E-state index contributed by atoms with van der Waals surface area (Å²) in [6.45, 7) is 2.68. The molecular weight excluding hydrogens is 432 g/mol. The minimum Gasteiger partial charge on any atom is -0.493 e. The average molecular weight is 457 g/mol. The first-order valence-corrected chi connectivity index (χ1v) is 10.6. The van der Waals surface area contributed by atoms with E-state index in [1.54, 1.807) is 12.1 Å². The van der Waals surface area contributed by atoms with Crippen molar-refractivity contribution in [2.75, 3.05) is 44.5 Å². The number of nitrogens with zero attached hydrogens (tertiary/aromatic N) is 3. The standard InChI is InChI=1S/C23H25F2N5O3/c1-30-7-5-14(6-8-30)12-33-21-11-19-16(10-20(21)32-2)22(27-13-26-19)29-23(31)28-18-4-3-15(24)9-17(18)25/h3-4,9-11,13-14H,5-8,12H2,1-2H3,(H2,26,27,28,29,31). The number of ether oxygens (including phenoxy) is 2. The van der Waals surface area contributed by atoms with Gasteiger partial charge in [0, 0.05) is 17.5 Å². The highest BCUT2D eigenvalue weighted by atomic mass is 19.1. The number of methoxy groups -OCH3 is 1. The molecule has 174 valence electrons. The second kappa shape index (κ2) is 9.95. The van der Waals surface area contributed by atoms with Gasteiger partial charge in [-0.1, -0.05) is 0 Å². The van der Waals surface area contributed by atoms with Crippen LogP contribution in [-0.2, 0) is 0 Å². The van der Waals surface area contributed by atoms with Crippen LogP contribution in [0.5, 0.6) is 11.5 Å². The van der Waals surface area contributed by atoms with Crippen LogP contribution in [0.1, 0.15) is 12.8 Å². The van der Waals surface area contributed by atoms with E-state index in [1.165, 1.54) is 13.4 Å². The molecule has 1 aromatic heterocycles. The molecule has 8 nitrogen and oxygen atoms in total. The highest BCUT2D eigenvalue weighted by Crippen LogP contribution is 2.34. The first-order valence-electron chi connectivity index (χ1n) is 10.6. The number of nitrogens with one attached hydrogen (secondary N) is 2. The van der Waals surface area contributed by atoms with Gasteiger partial charge in [-0.2, -0.15) is 0 Å². The molecule has 2 aromatic carbocycles. The van der Waals surface area contributed by atoms with Crippen LogP contribution in [0.2, 0.25) is 0 Å². The minimum atomic E-state index is -0.884. The molecule has 0 bridgehead atoms. The van der Waals surface area contributed by atoms with Crippen molar-refractivity contribution in [1.29, 1.82) is 0 Å². The Morgan fingerprint density at radius 3 is 2.64 bits per heavy atom. The number of carbonyl (C=O) groups excluding carboxylic acids is 1. The molecule has 0 atom stereocenters. The van der Waals surface area contributed by atoms with E-state index in [2.05, 4.69) is 32.5 Å². The molecule has 0 saturated carbocycles. The number of hydrogen-bond acceptors (Lipinski definition) is 6. The lowest BCUT2D eigenvalue weighted by atomic mass is 9.98. The number of carbonyl (C=O) groups is 1. The molecule has 1 aliphatic rings. The smallest absolute Gasteiger partial charge is 0.324 e. The van der Waals surface area contributed by atoms with Crippen molar-refractivity contribution in [3.05, 3.63) is 48.3 Å². The van der Waals surface area contributed by atoms with Gasteiger partial charge in [0.2, 0.25) is 0 Å². The monoisotopic (exact) mass is 457 g/mol. The van der Waals surface area contributed by atoms with Gasteiger partial charge in [0.15, 0.2) is 11.5 Å². The number of aromatic nitrogens is 2. The normalized spacial score (nSPS) is 14.8. The average Bonchev–Trinajstić information content (AvgIpc) is 2.80. The molecule has 3 aromatic rings. The summed E-state index contributed by atoms with van der Waals surface area (Å²) in [4.78, 5) is 23.1. The van der Waals surface area contributed by atoms with Gasteiger partial charge in [0.25, 0.3) is 0 Å². The van der Waals surface area contributed by atoms with Crippen LogP contribution in [0.15, 0.2) is 36.7 Å². The molecule has 0 unspecified atom stereocenters. The number of benzene rings is 2. The summed E-state index contributed by atoms with van der Waals surface area (Å²) < 4.78 is 38.5. The highest BCUT2D eigenvalue weighted by Gasteiger charge is 2.19. The van der Waals surface area contributed by atoms with Crippen LogP contribution in [0.4, 0.5) is 25.1 Å². The zero-order valence-corrected chi connectivity index (χ0v) is 18.4. The third-order valence-corrected chi connectivity index (χ3v) is 5.64. The van der Waals surface area contributed by atoms with Gasteiger partial charge in [-0.05, 0) is 57.1 Å². The fraction of sp³-hybridized carbons (Fsp3) is 0.348. The van der Waals surface area contributed by atoms with Crippen LogP contribution in [0, 0.1) is 17.6 Å². The molecule has 1 saturated heterocycles. The Bertz CT molecular complexity index is 1150. The van der Waals surface area contributed by atoms with Crippen LogP contribution < -0.4 is 20.1 Å². The molecule has 2 N–H and O–H groups in total. The van der Waals surface area contributed by atoms with Gasteiger partial charge in [-0.25, -0.2) is 23.5 Å². The first kappa shape index (κ1) is 22.7. The van der Waals surface area contributed by atoms with Crippen molar-refractivity contribution < 1.29 is 23.0 Å². The van der Waals surface area contributed by atoms with Gasteiger partial charge < -0.3 is 19.7 Å². The van der Waals surface area contributed by atoms with E-state index in [9.17, 15) is 13.6 Å². The summed E-state index contributed by atoms with van der Waals surface area (Å²) in [6.07, 6.45) is 3.46. The van der Waals surface area contributed by atoms with E-state index in [0.717, 1.165) is 38.1 Å². The lowest BCUT2D eigenvalue weighted by molar-refractivity contribution is 0.157. The Kier molecular flexibility index (Phi) is 6.83. The lowest BCUT2D eigenvalue weighted by Crippen LogP contribution is -2.32. The van der Waals surface area contributed by atoms with Gasteiger partial charge in [-0.3, -0.25) is 5.32 Å². The first-order chi connectivity index (χ1) is 15.9. The summed E-state index contributed by atoms with van der Waals surface area (Å²) in [6, 6.07) is 5.58. The second-order valence-electron chi connectivity index (χ2n) is 8.00. The topological polar surface area (TPSA) is 88.6 Å². The van der Waals surface area contributed by atoms with Gasteiger partial charge in [-0.15, -0.1) is 0 Å². The van der Waals surface area contributed by atoms with E-state index >= 15 is 0 Å². The number of rotatable bonds is 6. The fourth-order valence-electron chi connectivity index (χ4n) is 3.72. The van der Waals surface area contributed by atoms with Crippen molar-refractivity contribution in [2.45, 2.75) is 12.8 Å².